The first kappa shape index (κ1) is 27.5. The van der Waals surface area contributed by atoms with E-state index in [9.17, 15) is 24.3 Å². The van der Waals surface area contributed by atoms with Crippen LogP contribution in [0.4, 0.5) is 0 Å². The molecule has 0 fully saturated rings. The molecule has 2 amide bonds. The van der Waals surface area contributed by atoms with Crippen LogP contribution < -0.4 is 16.8 Å². The number of amides is 2. The molecule has 2 atom stereocenters. The van der Waals surface area contributed by atoms with Gasteiger partial charge in [-0.05, 0) is 36.5 Å². The second kappa shape index (κ2) is 13.1. The molecule has 0 aliphatic rings. The predicted octanol–water partition coefficient (Wildman–Crippen LogP) is 2.31. The number of nitrogens with one attached hydrogen (secondary N) is 1. The topological polar surface area (TPSA) is 165 Å². The van der Waals surface area contributed by atoms with E-state index in [1.807, 2.05) is 13.8 Å². The third-order valence-corrected chi connectivity index (χ3v) is 5.26. The van der Waals surface area contributed by atoms with Gasteiger partial charge in [0.1, 0.15) is 5.78 Å². The summed E-state index contributed by atoms with van der Waals surface area (Å²) in [6.07, 6.45) is -0.386. The Morgan fingerprint density at radius 1 is 1.16 bits per heavy atom. The third-order valence-electron chi connectivity index (χ3n) is 4.55. The number of guanidine groups is 1. The summed E-state index contributed by atoms with van der Waals surface area (Å²) in [5.41, 5.74) is 11.8. The first-order valence-corrected chi connectivity index (χ1v) is 10.8. The molecule has 1 rings (SSSR count). The van der Waals surface area contributed by atoms with Crippen molar-refractivity contribution in [2.45, 2.75) is 52.0 Å². The number of halogens is 2. The largest absolute Gasteiger partial charge is 0.481 e. The van der Waals surface area contributed by atoms with E-state index in [2.05, 4.69) is 10.3 Å². The lowest BCUT2D eigenvalue weighted by Crippen LogP contribution is -2.38. The van der Waals surface area contributed by atoms with Crippen LogP contribution in [0.2, 0.25) is 10.0 Å². The Bertz CT molecular complexity index is 869. The van der Waals surface area contributed by atoms with Crippen molar-refractivity contribution in [3.8, 4) is 0 Å². The fourth-order valence-electron chi connectivity index (χ4n) is 2.91. The number of carboxylic acids is 1. The molecule has 1 aromatic carbocycles. The van der Waals surface area contributed by atoms with Crippen molar-refractivity contribution >= 4 is 52.7 Å². The number of carbonyl (C=O) groups is 4. The lowest BCUT2D eigenvalue weighted by atomic mass is 9.91. The van der Waals surface area contributed by atoms with Crippen LogP contribution in [0.15, 0.2) is 23.2 Å². The Hall–Kier alpha value is -2.49. The molecule has 9 nitrogen and oxygen atoms in total. The van der Waals surface area contributed by atoms with E-state index in [0.29, 0.717) is 22.0 Å². The van der Waals surface area contributed by atoms with Crippen LogP contribution in [0.1, 0.15) is 45.1 Å². The molecular formula is C21H28Cl2N4O5. The van der Waals surface area contributed by atoms with Gasteiger partial charge in [-0.2, -0.15) is 4.99 Å². The number of nitrogens with zero attached hydrogens (tertiary/aromatic N) is 1. The number of hydrogen-bond acceptors (Lipinski definition) is 5. The minimum absolute atomic E-state index is 0.117. The minimum atomic E-state index is -1.20. The number of benzene rings is 1. The molecular weight excluding hydrogens is 459 g/mol. The van der Waals surface area contributed by atoms with Crippen molar-refractivity contribution in [1.29, 1.82) is 0 Å². The van der Waals surface area contributed by atoms with Crippen LogP contribution in [-0.4, -0.2) is 40.7 Å². The normalized spacial score (nSPS) is 13.5. The number of Topliss-reactive ketones (excluding diaryl/α,β-unsaturated/α-hetero) is 1. The average Bonchev–Trinajstić information content (AvgIpc) is 2.66. The Morgan fingerprint density at radius 3 is 2.28 bits per heavy atom. The zero-order valence-corrected chi connectivity index (χ0v) is 19.4. The maximum Gasteiger partial charge on any atom is 0.306 e. The lowest BCUT2D eigenvalue weighted by Gasteiger charge is -2.16. The Kier molecular flexibility index (Phi) is 11.3. The number of carbonyl (C=O) groups excluding carboxylic acids is 3. The van der Waals surface area contributed by atoms with E-state index < -0.39 is 35.7 Å². The lowest BCUT2D eigenvalue weighted by molar-refractivity contribution is -0.144. The van der Waals surface area contributed by atoms with Gasteiger partial charge in [-0.15, -0.1) is 0 Å². The molecule has 0 aliphatic heterocycles. The highest BCUT2D eigenvalue weighted by atomic mass is 35.5. The van der Waals surface area contributed by atoms with E-state index in [1.54, 1.807) is 18.2 Å². The first-order chi connectivity index (χ1) is 14.9. The summed E-state index contributed by atoms with van der Waals surface area (Å²) in [4.78, 5) is 51.3. The van der Waals surface area contributed by atoms with Gasteiger partial charge in [0.25, 0.3) is 0 Å². The summed E-state index contributed by atoms with van der Waals surface area (Å²) < 4.78 is 0. The Labute approximate surface area is 196 Å². The van der Waals surface area contributed by atoms with Crippen molar-refractivity contribution in [2.75, 3.05) is 0 Å². The molecule has 0 bridgehead atoms. The molecule has 176 valence electrons. The fourth-order valence-corrected chi connectivity index (χ4v) is 3.44. The highest BCUT2D eigenvalue weighted by molar-refractivity contribution is 6.36. The molecule has 32 heavy (non-hydrogen) atoms. The molecule has 0 saturated heterocycles. The maximum absolute atomic E-state index is 12.1. The number of hydrogen-bond donors (Lipinski definition) is 4. The van der Waals surface area contributed by atoms with Gasteiger partial charge in [0.05, 0.1) is 18.4 Å². The van der Waals surface area contributed by atoms with Crippen LogP contribution in [0, 0.1) is 11.8 Å². The van der Waals surface area contributed by atoms with Crippen LogP contribution in [0.3, 0.4) is 0 Å². The predicted molar refractivity (Wildman–Crippen MR) is 122 cm³/mol. The van der Waals surface area contributed by atoms with Crippen molar-refractivity contribution in [2.24, 2.45) is 28.3 Å². The van der Waals surface area contributed by atoms with Gasteiger partial charge in [0.15, 0.2) is 0 Å². The summed E-state index contributed by atoms with van der Waals surface area (Å²) in [6.45, 7) is 3.81. The quantitative estimate of drug-likeness (QED) is 0.275. The van der Waals surface area contributed by atoms with Crippen LogP contribution >= 0.6 is 23.2 Å². The SMILES string of the molecule is CC(C)C[C@@H](N)C(=O)C[C@@H](CCC(=O)N=C(N)NC(=O)Cc1c(Cl)cccc1Cl)C(=O)O. The van der Waals surface area contributed by atoms with Crippen molar-refractivity contribution < 1.29 is 24.3 Å². The van der Waals surface area contributed by atoms with E-state index in [-0.39, 0.29) is 37.4 Å². The number of carboxylic acid groups (broad SMARTS) is 1. The van der Waals surface area contributed by atoms with Crippen molar-refractivity contribution in [3.63, 3.8) is 0 Å². The van der Waals surface area contributed by atoms with Gasteiger partial charge in [-0.25, -0.2) is 0 Å². The van der Waals surface area contributed by atoms with Crippen LogP contribution in [0.5, 0.6) is 0 Å². The molecule has 0 saturated carbocycles. The van der Waals surface area contributed by atoms with E-state index in [0.717, 1.165) is 0 Å². The monoisotopic (exact) mass is 486 g/mol. The molecule has 6 N–H and O–H groups in total. The smallest absolute Gasteiger partial charge is 0.306 e. The van der Waals surface area contributed by atoms with Crippen molar-refractivity contribution in [1.82, 2.24) is 5.32 Å². The molecule has 0 radical (unpaired) electrons. The zero-order valence-electron chi connectivity index (χ0n) is 17.9. The second-order valence-electron chi connectivity index (χ2n) is 7.80. The van der Waals surface area contributed by atoms with Gasteiger partial charge in [-0.1, -0.05) is 43.1 Å². The molecule has 0 heterocycles. The van der Waals surface area contributed by atoms with Crippen LogP contribution in [0.25, 0.3) is 0 Å². The van der Waals surface area contributed by atoms with Gasteiger partial charge in [-0.3, -0.25) is 24.5 Å². The fraction of sp³-hybridized carbons (Fsp3) is 0.476. The number of aliphatic carboxylic acids is 1. The molecule has 11 heteroatoms. The minimum Gasteiger partial charge on any atom is -0.481 e. The summed E-state index contributed by atoms with van der Waals surface area (Å²) in [5.74, 6) is -4.20. The molecule has 0 aliphatic carbocycles. The molecule has 0 spiro atoms. The molecule has 1 aromatic rings. The first-order valence-electron chi connectivity index (χ1n) is 10.0. The van der Waals surface area contributed by atoms with Gasteiger partial charge < -0.3 is 16.6 Å². The summed E-state index contributed by atoms with van der Waals surface area (Å²) in [7, 11) is 0. The zero-order chi connectivity index (χ0) is 24.4. The maximum atomic E-state index is 12.1. The van der Waals surface area contributed by atoms with Gasteiger partial charge in [0, 0.05) is 22.9 Å². The second-order valence-corrected chi connectivity index (χ2v) is 8.61. The van der Waals surface area contributed by atoms with Crippen molar-refractivity contribution in [3.05, 3.63) is 33.8 Å². The van der Waals surface area contributed by atoms with Crippen LogP contribution in [-0.2, 0) is 25.6 Å². The van der Waals surface area contributed by atoms with Gasteiger partial charge in [0.2, 0.25) is 17.8 Å². The summed E-state index contributed by atoms with van der Waals surface area (Å²) >= 11 is 12.0. The standard InChI is InChI=1S/C21H28Cl2N4O5/c1-11(2)8-16(24)17(28)9-12(20(31)32)6-7-18(29)26-21(25)27-19(30)10-13-14(22)4-3-5-15(13)23/h3-5,11-12,16H,6-10,24H2,1-2H3,(H,31,32)(H3,25,26,27,29,30)/t12-,16-/m1/s1. The highest BCUT2D eigenvalue weighted by Gasteiger charge is 2.25. The number of ketones is 1. The summed E-state index contributed by atoms with van der Waals surface area (Å²) in [6, 6.07) is 4.05. The van der Waals surface area contributed by atoms with E-state index >= 15 is 0 Å². The summed E-state index contributed by atoms with van der Waals surface area (Å²) in [5, 5.41) is 12.2. The molecule has 0 aromatic heterocycles. The Morgan fingerprint density at radius 2 is 1.75 bits per heavy atom. The third kappa shape index (κ3) is 9.76. The molecule has 0 unspecified atom stereocenters. The number of rotatable bonds is 11. The Balaban J connectivity index is 2.61. The number of aliphatic imine (C=N–C) groups is 1. The average molecular weight is 487 g/mol. The highest BCUT2D eigenvalue weighted by Crippen LogP contribution is 2.24. The van der Waals surface area contributed by atoms with E-state index in [4.69, 9.17) is 34.7 Å². The van der Waals surface area contributed by atoms with E-state index in [1.165, 1.54) is 0 Å². The van der Waals surface area contributed by atoms with Gasteiger partial charge >= 0.3 is 5.97 Å². The number of nitrogens with two attached hydrogens (primary N) is 2.